The Balaban J connectivity index is 1.99. The highest BCUT2D eigenvalue weighted by molar-refractivity contribution is 7.92. The van der Waals surface area contributed by atoms with Gasteiger partial charge in [0, 0.05) is 19.0 Å². The summed E-state index contributed by atoms with van der Waals surface area (Å²) in [5, 5.41) is 6.13. The van der Waals surface area contributed by atoms with Crippen LogP contribution in [0.1, 0.15) is 24.9 Å². The first kappa shape index (κ1) is 17.7. The van der Waals surface area contributed by atoms with E-state index in [0.29, 0.717) is 25.3 Å². The van der Waals surface area contributed by atoms with Crippen LogP contribution in [0.5, 0.6) is 0 Å². The molecular weight excluding hydrogens is 318 g/mol. The van der Waals surface area contributed by atoms with Crippen molar-refractivity contribution in [1.82, 2.24) is 10.6 Å². The molecular formula is C15H23N3O4S. The summed E-state index contributed by atoms with van der Waals surface area (Å²) in [5.74, 6) is -0.102. The number of amides is 1. The fourth-order valence-electron chi connectivity index (χ4n) is 2.52. The lowest BCUT2D eigenvalue weighted by atomic mass is 10.1. The molecule has 1 amide bonds. The van der Waals surface area contributed by atoms with Gasteiger partial charge in [0.15, 0.2) is 0 Å². The van der Waals surface area contributed by atoms with E-state index in [4.69, 9.17) is 4.74 Å². The summed E-state index contributed by atoms with van der Waals surface area (Å²) in [7, 11) is -3.37. The molecule has 1 fully saturated rings. The second kappa shape index (κ2) is 7.76. The van der Waals surface area contributed by atoms with Crippen molar-refractivity contribution in [2.75, 3.05) is 30.7 Å². The number of ether oxygens (including phenoxy) is 1. The predicted octanol–water partition coefficient (Wildman–Crippen LogP) is 0.614. The van der Waals surface area contributed by atoms with Crippen LogP contribution in [0.2, 0.25) is 0 Å². The summed E-state index contributed by atoms with van der Waals surface area (Å²) in [6.45, 7) is 3.76. The molecule has 1 aromatic rings. The number of nitrogens with one attached hydrogen (secondary N) is 3. The lowest BCUT2D eigenvalue weighted by molar-refractivity contribution is -0.122. The molecule has 0 bridgehead atoms. The van der Waals surface area contributed by atoms with E-state index in [1.54, 1.807) is 18.2 Å². The van der Waals surface area contributed by atoms with Crippen molar-refractivity contribution in [2.45, 2.75) is 25.4 Å². The Hall–Kier alpha value is -1.64. The number of hydrogen-bond acceptors (Lipinski definition) is 5. The molecule has 3 N–H and O–H groups in total. The zero-order valence-electron chi connectivity index (χ0n) is 13.3. The van der Waals surface area contributed by atoms with Crippen molar-refractivity contribution in [1.29, 1.82) is 0 Å². The van der Waals surface area contributed by atoms with Gasteiger partial charge in [-0.05, 0) is 18.6 Å². The third kappa shape index (κ3) is 5.81. The number of benzene rings is 1. The van der Waals surface area contributed by atoms with Gasteiger partial charge in [-0.25, -0.2) is 8.42 Å². The third-order valence-corrected chi connectivity index (χ3v) is 4.12. The summed E-state index contributed by atoms with van der Waals surface area (Å²) in [6.07, 6.45) is 1.42. The molecule has 1 aromatic carbocycles. The smallest absolute Gasteiger partial charge is 0.229 e. The molecule has 2 rings (SSSR count). The van der Waals surface area contributed by atoms with Crippen molar-refractivity contribution >= 4 is 21.6 Å². The standard InChI is InChI=1S/C15H23N3O4S/c1-11(17-15(19)9-12-10-22-8-7-16-12)13-5-3-4-6-14(13)18-23(2,20)21/h3-6,11-12,16,18H,7-10H2,1-2H3,(H,17,19). The topological polar surface area (TPSA) is 96.5 Å². The van der Waals surface area contributed by atoms with Gasteiger partial charge in [0.1, 0.15) is 0 Å². The van der Waals surface area contributed by atoms with Crippen molar-refractivity contribution in [3.05, 3.63) is 29.8 Å². The molecule has 128 valence electrons. The first-order valence-electron chi connectivity index (χ1n) is 7.52. The molecule has 2 atom stereocenters. The van der Waals surface area contributed by atoms with Crippen molar-refractivity contribution in [2.24, 2.45) is 0 Å². The van der Waals surface area contributed by atoms with Crippen LogP contribution in [-0.2, 0) is 19.6 Å². The van der Waals surface area contributed by atoms with Crippen LogP contribution in [0, 0.1) is 0 Å². The fourth-order valence-corrected chi connectivity index (χ4v) is 3.11. The monoisotopic (exact) mass is 341 g/mol. The summed E-state index contributed by atoms with van der Waals surface area (Å²) >= 11 is 0. The lowest BCUT2D eigenvalue weighted by Gasteiger charge is -2.24. The molecule has 0 aliphatic carbocycles. The van der Waals surface area contributed by atoms with Gasteiger partial charge in [-0.3, -0.25) is 9.52 Å². The fraction of sp³-hybridized carbons (Fsp3) is 0.533. The first-order chi connectivity index (χ1) is 10.8. The molecule has 2 unspecified atom stereocenters. The van der Waals surface area contributed by atoms with E-state index in [-0.39, 0.29) is 18.0 Å². The molecule has 0 saturated carbocycles. The molecule has 0 spiro atoms. The van der Waals surface area contributed by atoms with E-state index in [1.807, 2.05) is 13.0 Å². The first-order valence-corrected chi connectivity index (χ1v) is 9.41. The molecule has 1 aliphatic heterocycles. The number of hydrogen-bond donors (Lipinski definition) is 3. The third-order valence-electron chi connectivity index (χ3n) is 3.53. The van der Waals surface area contributed by atoms with Crippen LogP contribution in [0.15, 0.2) is 24.3 Å². The molecule has 1 heterocycles. The van der Waals surface area contributed by atoms with E-state index in [9.17, 15) is 13.2 Å². The van der Waals surface area contributed by atoms with E-state index < -0.39 is 10.0 Å². The van der Waals surface area contributed by atoms with Crippen molar-refractivity contribution < 1.29 is 17.9 Å². The number of carbonyl (C=O) groups is 1. The largest absolute Gasteiger partial charge is 0.378 e. The highest BCUT2D eigenvalue weighted by atomic mass is 32.2. The molecule has 23 heavy (non-hydrogen) atoms. The average molecular weight is 341 g/mol. The van der Waals surface area contributed by atoms with E-state index in [2.05, 4.69) is 15.4 Å². The van der Waals surface area contributed by atoms with Crippen LogP contribution in [0.25, 0.3) is 0 Å². The van der Waals surface area contributed by atoms with Gasteiger partial charge < -0.3 is 15.4 Å². The van der Waals surface area contributed by atoms with Crippen molar-refractivity contribution in [3.63, 3.8) is 0 Å². The van der Waals surface area contributed by atoms with Gasteiger partial charge in [-0.1, -0.05) is 18.2 Å². The number of para-hydroxylation sites is 1. The minimum absolute atomic E-state index is 0.0142. The van der Waals surface area contributed by atoms with Crippen LogP contribution in [0.3, 0.4) is 0 Å². The second-order valence-electron chi connectivity index (χ2n) is 5.68. The predicted molar refractivity (Wildman–Crippen MR) is 88.7 cm³/mol. The zero-order valence-corrected chi connectivity index (χ0v) is 14.2. The normalized spacial score (nSPS) is 19.8. The summed E-state index contributed by atoms with van der Waals surface area (Å²) < 4.78 is 30.7. The van der Waals surface area contributed by atoms with E-state index in [1.165, 1.54) is 0 Å². The highest BCUT2D eigenvalue weighted by Gasteiger charge is 2.19. The maximum atomic E-state index is 12.1. The Labute approximate surface area is 136 Å². The minimum Gasteiger partial charge on any atom is -0.378 e. The molecule has 1 aliphatic rings. The molecule has 1 saturated heterocycles. The van der Waals surface area contributed by atoms with Gasteiger partial charge >= 0.3 is 0 Å². The number of morpholine rings is 1. The molecule has 8 heteroatoms. The molecule has 0 aromatic heterocycles. The quantitative estimate of drug-likeness (QED) is 0.705. The van der Waals surface area contributed by atoms with Crippen LogP contribution >= 0.6 is 0 Å². The lowest BCUT2D eigenvalue weighted by Crippen LogP contribution is -2.44. The van der Waals surface area contributed by atoms with Gasteiger partial charge in [0.05, 0.1) is 31.2 Å². The second-order valence-corrected chi connectivity index (χ2v) is 7.43. The number of carbonyl (C=O) groups excluding carboxylic acids is 1. The van der Waals surface area contributed by atoms with Gasteiger partial charge in [0.2, 0.25) is 15.9 Å². The maximum Gasteiger partial charge on any atom is 0.229 e. The van der Waals surface area contributed by atoms with Crippen LogP contribution < -0.4 is 15.4 Å². The van der Waals surface area contributed by atoms with E-state index in [0.717, 1.165) is 18.4 Å². The maximum absolute atomic E-state index is 12.1. The van der Waals surface area contributed by atoms with Crippen LogP contribution in [0.4, 0.5) is 5.69 Å². The summed E-state index contributed by atoms with van der Waals surface area (Å²) in [5.41, 5.74) is 1.20. The van der Waals surface area contributed by atoms with Gasteiger partial charge in [-0.15, -0.1) is 0 Å². The average Bonchev–Trinajstić information content (AvgIpc) is 2.47. The summed E-state index contributed by atoms with van der Waals surface area (Å²) in [4.78, 5) is 12.1. The molecule has 7 nitrogen and oxygen atoms in total. The Morgan fingerprint density at radius 1 is 1.43 bits per heavy atom. The molecule has 0 radical (unpaired) electrons. The minimum atomic E-state index is -3.37. The number of rotatable bonds is 6. The van der Waals surface area contributed by atoms with Gasteiger partial charge in [-0.2, -0.15) is 0 Å². The Morgan fingerprint density at radius 2 is 2.17 bits per heavy atom. The number of anilines is 1. The van der Waals surface area contributed by atoms with Crippen molar-refractivity contribution in [3.8, 4) is 0 Å². The Kier molecular flexibility index (Phi) is 5.97. The summed E-state index contributed by atoms with van der Waals surface area (Å²) in [6, 6.07) is 6.73. The SMILES string of the molecule is CC(NC(=O)CC1COCCN1)c1ccccc1NS(C)(=O)=O. The highest BCUT2D eigenvalue weighted by Crippen LogP contribution is 2.23. The zero-order chi connectivity index (χ0) is 16.9. The Bertz CT molecular complexity index is 642. The number of sulfonamides is 1. The Morgan fingerprint density at radius 3 is 2.83 bits per heavy atom. The van der Waals surface area contributed by atoms with Crippen LogP contribution in [-0.4, -0.2) is 46.4 Å². The van der Waals surface area contributed by atoms with E-state index >= 15 is 0 Å². The van der Waals surface area contributed by atoms with Gasteiger partial charge in [0.25, 0.3) is 0 Å².